The number of aromatic nitrogens is 2. The summed E-state index contributed by atoms with van der Waals surface area (Å²) in [7, 11) is -3.60. The Labute approximate surface area is 195 Å². The number of carbonyl (C=O) groups excluding carboxylic acids is 1. The van der Waals surface area contributed by atoms with Crippen LogP contribution < -0.4 is 0 Å². The second-order valence-corrected chi connectivity index (χ2v) is 9.66. The van der Waals surface area contributed by atoms with Crippen molar-refractivity contribution in [2.75, 3.05) is 13.1 Å². The van der Waals surface area contributed by atoms with Crippen LogP contribution in [0.4, 0.5) is 5.69 Å². The summed E-state index contributed by atoms with van der Waals surface area (Å²) in [5.74, 6) is -0.500. The van der Waals surface area contributed by atoms with E-state index in [9.17, 15) is 23.3 Å². The van der Waals surface area contributed by atoms with Crippen LogP contribution in [0.2, 0.25) is 0 Å². The number of carbonyl (C=O) groups is 1. The summed E-state index contributed by atoms with van der Waals surface area (Å²) < 4.78 is 37.8. The molecule has 3 aromatic rings. The summed E-state index contributed by atoms with van der Waals surface area (Å²) in [5, 5.41) is 18.4. The molecule has 0 atom stereocenters. The maximum atomic E-state index is 12.9. The quantitative estimate of drug-likeness (QED) is 0.278. The average Bonchev–Trinajstić information content (AvgIpc) is 3.14. The monoisotopic (exact) mass is 486 g/mol. The molecule has 0 unspecified atom stereocenters. The Morgan fingerprint density at radius 1 is 1.00 bits per heavy atom. The lowest BCUT2D eigenvalue weighted by atomic mass is 10.2. The summed E-state index contributed by atoms with van der Waals surface area (Å²) >= 11 is 0. The van der Waals surface area contributed by atoms with Crippen molar-refractivity contribution in [1.82, 2.24) is 14.5 Å². The minimum Gasteiger partial charge on any atom is -0.452 e. The van der Waals surface area contributed by atoms with Gasteiger partial charge in [-0.15, -0.1) is 10.2 Å². The first kappa shape index (κ1) is 23.5. The van der Waals surface area contributed by atoms with Gasteiger partial charge in [-0.3, -0.25) is 10.1 Å². The Balaban J connectivity index is 1.37. The molecule has 2 heterocycles. The fraction of sp³-hybridized carbons (Fsp3) is 0.318. The molecule has 11 nitrogen and oxygen atoms in total. The number of sulfonamides is 1. The van der Waals surface area contributed by atoms with Gasteiger partial charge in [-0.25, -0.2) is 13.2 Å². The van der Waals surface area contributed by atoms with Crippen LogP contribution in [0.3, 0.4) is 0 Å². The topological polar surface area (TPSA) is 146 Å². The molecule has 1 aliphatic heterocycles. The van der Waals surface area contributed by atoms with Crippen molar-refractivity contribution in [2.24, 2.45) is 0 Å². The fourth-order valence-electron chi connectivity index (χ4n) is 3.56. The number of hydrogen-bond donors (Lipinski definition) is 0. The number of esters is 1. The van der Waals surface area contributed by atoms with E-state index in [0.717, 1.165) is 25.7 Å². The molecule has 0 saturated carbocycles. The summed E-state index contributed by atoms with van der Waals surface area (Å²) in [5.41, 5.74) is 0.601. The number of non-ortho nitro benzene ring substituents is 1. The number of nitro groups is 1. The number of benzene rings is 2. The van der Waals surface area contributed by atoms with Gasteiger partial charge in [0, 0.05) is 30.8 Å². The van der Waals surface area contributed by atoms with E-state index >= 15 is 0 Å². The van der Waals surface area contributed by atoms with Crippen LogP contribution in [0, 0.1) is 10.1 Å². The van der Waals surface area contributed by atoms with Gasteiger partial charge in [-0.1, -0.05) is 12.8 Å². The zero-order valence-electron chi connectivity index (χ0n) is 18.1. The standard InChI is InChI=1S/C22H22N4O7S/c27-22(17-7-11-19(12-8-17)34(30,31)25-13-3-1-2-4-14-25)32-15-20-23-24-21(33-20)16-5-9-18(10-6-16)26(28)29/h5-12H,1-4,13-15H2. The second-order valence-electron chi connectivity index (χ2n) is 7.72. The molecule has 0 spiro atoms. The average molecular weight is 487 g/mol. The predicted octanol–water partition coefficient (Wildman–Crippen LogP) is 3.57. The summed E-state index contributed by atoms with van der Waals surface area (Å²) in [4.78, 5) is 22.7. The Hall–Kier alpha value is -3.64. The zero-order chi connectivity index (χ0) is 24.1. The molecule has 4 rings (SSSR count). The lowest BCUT2D eigenvalue weighted by Crippen LogP contribution is -2.31. The minimum atomic E-state index is -3.60. The van der Waals surface area contributed by atoms with Crippen molar-refractivity contribution in [3.8, 4) is 11.5 Å². The Morgan fingerprint density at radius 2 is 1.65 bits per heavy atom. The number of nitrogens with zero attached hydrogens (tertiary/aromatic N) is 4. The highest BCUT2D eigenvalue weighted by Gasteiger charge is 2.25. The molecule has 0 amide bonds. The van der Waals surface area contributed by atoms with E-state index in [1.54, 1.807) is 0 Å². The normalized spacial score (nSPS) is 14.9. The molecule has 0 aliphatic carbocycles. The first-order valence-corrected chi connectivity index (χ1v) is 12.1. The highest BCUT2D eigenvalue weighted by Crippen LogP contribution is 2.23. The molecule has 2 aromatic carbocycles. The molecule has 1 aromatic heterocycles. The fourth-order valence-corrected chi connectivity index (χ4v) is 5.08. The Bertz CT molecular complexity index is 1260. The van der Waals surface area contributed by atoms with Crippen LogP contribution in [-0.4, -0.2) is 46.9 Å². The van der Waals surface area contributed by atoms with E-state index in [2.05, 4.69) is 10.2 Å². The molecule has 0 bridgehead atoms. The van der Waals surface area contributed by atoms with E-state index in [4.69, 9.17) is 9.15 Å². The summed E-state index contributed by atoms with van der Waals surface area (Å²) in [6, 6.07) is 11.2. The Kier molecular flexibility index (Phi) is 6.98. The predicted molar refractivity (Wildman–Crippen MR) is 119 cm³/mol. The van der Waals surface area contributed by atoms with Crippen molar-refractivity contribution in [3.05, 3.63) is 70.1 Å². The molecule has 0 radical (unpaired) electrons. The molecule has 1 fully saturated rings. The molecule has 0 N–H and O–H groups in total. The molecule has 34 heavy (non-hydrogen) atoms. The highest BCUT2D eigenvalue weighted by molar-refractivity contribution is 7.89. The van der Waals surface area contributed by atoms with Crippen molar-refractivity contribution in [1.29, 1.82) is 0 Å². The van der Waals surface area contributed by atoms with Gasteiger partial charge in [-0.05, 0) is 49.2 Å². The van der Waals surface area contributed by atoms with Gasteiger partial charge >= 0.3 is 5.97 Å². The zero-order valence-corrected chi connectivity index (χ0v) is 18.9. The van der Waals surface area contributed by atoms with E-state index < -0.39 is 20.9 Å². The van der Waals surface area contributed by atoms with Gasteiger partial charge in [0.1, 0.15) is 0 Å². The van der Waals surface area contributed by atoms with Crippen molar-refractivity contribution in [3.63, 3.8) is 0 Å². The third kappa shape index (κ3) is 5.29. The number of nitro benzene ring substituents is 1. The van der Waals surface area contributed by atoms with E-state index in [0.29, 0.717) is 18.7 Å². The molecule has 1 aliphatic rings. The van der Waals surface area contributed by atoms with Crippen molar-refractivity contribution in [2.45, 2.75) is 37.2 Å². The van der Waals surface area contributed by atoms with Crippen LogP contribution in [-0.2, 0) is 21.4 Å². The van der Waals surface area contributed by atoms with Crippen LogP contribution in [0.5, 0.6) is 0 Å². The van der Waals surface area contributed by atoms with E-state index in [1.165, 1.54) is 52.8 Å². The van der Waals surface area contributed by atoms with Crippen LogP contribution in [0.1, 0.15) is 41.9 Å². The van der Waals surface area contributed by atoms with Crippen LogP contribution >= 0.6 is 0 Å². The van der Waals surface area contributed by atoms with Gasteiger partial charge in [0.25, 0.3) is 11.6 Å². The number of hydrogen-bond acceptors (Lipinski definition) is 9. The minimum absolute atomic E-state index is 0.0436. The van der Waals surface area contributed by atoms with Gasteiger partial charge in [-0.2, -0.15) is 4.31 Å². The van der Waals surface area contributed by atoms with Crippen molar-refractivity contribution >= 4 is 21.7 Å². The molecule has 1 saturated heterocycles. The van der Waals surface area contributed by atoms with E-state index in [-0.39, 0.29) is 34.5 Å². The molecular weight excluding hydrogens is 464 g/mol. The molecule has 178 valence electrons. The van der Waals surface area contributed by atoms with E-state index in [1.807, 2.05) is 0 Å². The van der Waals surface area contributed by atoms with Gasteiger partial charge in [0.15, 0.2) is 6.61 Å². The van der Waals surface area contributed by atoms with Crippen LogP contribution in [0.25, 0.3) is 11.5 Å². The van der Waals surface area contributed by atoms with Crippen molar-refractivity contribution < 1.29 is 27.3 Å². The maximum absolute atomic E-state index is 12.9. The summed E-state index contributed by atoms with van der Waals surface area (Å²) in [6.45, 7) is 0.711. The van der Waals surface area contributed by atoms with Crippen LogP contribution in [0.15, 0.2) is 57.8 Å². The van der Waals surface area contributed by atoms with Gasteiger partial charge in [0.05, 0.1) is 15.4 Å². The molecule has 12 heteroatoms. The third-order valence-corrected chi connectivity index (χ3v) is 7.32. The number of ether oxygens (including phenoxy) is 1. The second kappa shape index (κ2) is 10.1. The molecular formula is C22H22N4O7S. The Morgan fingerprint density at radius 3 is 2.26 bits per heavy atom. The number of rotatable bonds is 7. The first-order valence-electron chi connectivity index (χ1n) is 10.7. The lowest BCUT2D eigenvalue weighted by molar-refractivity contribution is -0.384. The maximum Gasteiger partial charge on any atom is 0.338 e. The first-order chi connectivity index (χ1) is 16.3. The van der Waals surface area contributed by atoms with Gasteiger partial charge < -0.3 is 9.15 Å². The third-order valence-electron chi connectivity index (χ3n) is 5.41. The highest BCUT2D eigenvalue weighted by atomic mass is 32.2. The SMILES string of the molecule is O=C(OCc1nnc(-c2ccc([N+](=O)[O-])cc2)o1)c1ccc(S(=O)(=O)N2CCCCCC2)cc1. The summed E-state index contributed by atoms with van der Waals surface area (Å²) in [6.07, 6.45) is 3.72. The smallest absolute Gasteiger partial charge is 0.338 e. The largest absolute Gasteiger partial charge is 0.452 e. The van der Waals surface area contributed by atoms with Gasteiger partial charge in [0.2, 0.25) is 15.9 Å². The lowest BCUT2D eigenvalue weighted by Gasteiger charge is -2.19.